The Hall–Kier alpha value is -2.19. The zero-order valence-corrected chi connectivity index (χ0v) is 15.6. The highest BCUT2D eigenvalue weighted by molar-refractivity contribution is 5.87. The van der Waals surface area contributed by atoms with Gasteiger partial charge in [-0.3, -0.25) is 13.9 Å². The average Bonchev–Trinajstić information content (AvgIpc) is 3.37. The second-order valence-electron chi connectivity index (χ2n) is 7.69. The minimum Gasteiger partial charge on any atom is -0.369 e. The number of hydrogen-bond acceptors (Lipinski definition) is 5. The Morgan fingerprint density at radius 1 is 1.22 bits per heavy atom. The lowest BCUT2D eigenvalue weighted by atomic mass is 10.1. The third-order valence-electron chi connectivity index (χ3n) is 5.82. The molecule has 0 bridgehead atoms. The number of anilines is 1. The van der Waals surface area contributed by atoms with Crippen LogP contribution in [0.15, 0.2) is 15.7 Å². The number of aryl methyl sites for hydroxylation is 1. The van der Waals surface area contributed by atoms with Gasteiger partial charge in [0.2, 0.25) is 0 Å². The smallest absolute Gasteiger partial charge is 0.331 e. The second-order valence-corrected chi connectivity index (χ2v) is 7.69. The monoisotopic (exact) mass is 375 g/mol. The number of hydrogen-bond donors (Lipinski definition) is 2. The maximum atomic E-state index is 15.1. The van der Waals surface area contributed by atoms with Crippen LogP contribution in [-0.2, 0) is 6.54 Å². The van der Waals surface area contributed by atoms with E-state index in [0.717, 1.165) is 30.4 Å². The third kappa shape index (κ3) is 2.87. The van der Waals surface area contributed by atoms with Gasteiger partial charge in [-0.25, -0.2) is 9.18 Å². The van der Waals surface area contributed by atoms with E-state index in [-0.39, 0.29) is 30.2 Å². The summed E-state index contributed by atoms with van der Waals surface area (Å²) in [5.74, 6) is -0.0854. The summed E-state index contributed by atoms with van der Waals surface area (Å²) in [6, 6.07) is 1.36. The molecule has 1 aliphatic heterocycles. The summed E-state index contributed by atoms with van der Waals surface area (Å²) in [5.41, 5.74) is 12.3. The van der Waals surface area contributed by atoms with Gasteiger partial charge in [0.25, 0.3) is 5.56 Å². The summed E-state index contributed by atoms with van der Waals surface area (Å²) in [5, 5.41) is 0.253. The van der Waals surface area contributed by atoms with Crippen LogP contribution in [-0.4, -0.2) is 35.3 Å². The Labute approximate surface area is 156 Å². The summed E-state index contributed by atoms with van der Waals surface area (Å²) in [7, 11) is 0. The van der Waals surface area contributed by atoms with Crippen molar-refractivity contribution in [3.05, 3.63) is 38.3 Å². The van der Waals surface area contributed by atoms with Crippen LogP contribution in [0.1, 0.15) is 30.9 Å². The lowest BCUT2D eigenvalue weighted by Crippen LogP contribution is -2.41. The summed E-state index contributed by atoms with van der Waals surface area (Å²) in [6.07, 6.45) is 2.70. The molecule has 0 unspecified atom stereocenters. The van der Waals surface area contributed by atoms with Gasteiger partial charge in [0.05, 0.1) is 16.6 Å². The van der Waals surface area contributed by atoms with Gasteiger partial charge in [0, 0.05) is 37.8 Å². The molecule has 4 N–H and O–H groups in total. The molecule has 8 heteroatoms. The fourth-order valence-electron chi connectivity index (χ4n) is 4.30. The van der Waals surface area contributed by atoms with Gasteiger partial charge in [0.15, 0.2) is 0 Å². The van der Waals surface area contributed by atoms with Crippen LogP contribution < -0.4 is 27.6 Å². The molecule has 2 fully saturated rings. The van der Waals surface area contributed by atoms with E-state index in [2.05, 4.69) is 0 Å². The molecule has 2 aromatic rings. The Kier molecular flexibility index (Phi) is 4.55. The number of benzene rings is 1. The van der Waals surface area contributed by atoms with Crippen LogP contribution in [0.2, 0.25) is 0 Å². The number of halogens is 1. The summed E-state index contributed by atoms with van der Waals surface area (Å²) >= 11 is 0. The Morgan fingerprint density at radius 2 is 1.96 bits per heavy atom. The average molecular weight is 375 g/mol. The highest BCUT2D eigenvalue weighted by Crippen LogP contribution is 2.39. The van der Waals surface area contributed by atoms with Crippen molar-refractivity contribution in [3.8, 4) is 0 Å². The summed E-state index contributed by atoms with van der Waals surface area (Å²) < 4.78 is 17.9. The molecular weight excluding hydrogens is 349 g/mol. The number of nitrogens with two attached hydrogens (primary N) is 2. The van der Waals surface area contributed by atoms with Crippen molar-refractivity contribution in [1.29, 1.82) is 0 Å². The summed E-state index contributed by atoms with van der Waals surface area (Å²) in [4.78, 5) is 27.9. The van der Waals surface area contributed by atoms with Gasteiger partial charge in [-0.15, -0.1) is 0 Å². The van der Waals surface area contributed by atoms with Gasteiger partial charge < -0.3 is 16.4 Å². The molecule has 0 radical (unpaired) electrons. The molecule has 2 heterocycles. The largest absolute Gasteiger partial charge is 0.369 e. The van der Waals surface area contributed by atoms with Crippen LogP contribution in [0.25, 0.3) is 10.9 Å². The van der Waals surface area contributed by atoms with Crippen molar-refractivity contribution in [3.63, 3.8) is 0 Å². The molecule has 27 heavy (non-hydrogen) atoms. The van der Waals surface area contributed by atoms with Crippen LogP contribution in [0, 0.1) is 18.7 Å². The normalized spacial score (nSPS) is 20.0. The topological polar surface area (TPSA) is 99.3 Å². The number of nitrogens with zero attached hydrogens (tertiary/aromatic N) is 3. The van der Waals surface area contributed by atoms with Gasteiger partial charge in [-0.05, 0) is 44.7 Å². The van der Waals surface area contributed by atoms with E-state index in [1.807, 2.05) is 11.8 Å². The second kappa shape index (κ2) is 6.76. The fraction of sp³-hybridized carbons (Fsp3) is 0.579. The Morgan fingerprint density at radius 3 is 2.56 bits per heavy atom. The SMILES string of the molecule is Cc1c(N2CC[C@@H](CN)C2)c(F)cc2c(=O)n(CCN)c(=O)n(C3CC3)c12. The lowest BCUT2D eigenvalue weighted by Gasteiger charge is -2.24. The first-order valence-electron chi connectivity index (χ1n) is 9.61. The van der Waals surface area contributed by atoms with Crippen molar-refractivity contribution in [1.82, 2.24) is 9.13 Å². The van der Waals surface area contributed by atoms with Gasteiger partial charge in [0.1, 0.15) is 5.82 Å². The zero-order chi connectivity index (χ0) is 19.3. The van der Waals surface area contributed by atoms with Crippen LogP contribution in [0.4, 0.5) is 10.1 Å². The number of aromatic nitrogens is 2. The zero-order valence-electron chi connectivity index (χ0n) is 15.6. The van der Waals surface area contributed by atoms with Crippen molar-refractivity contribution in [2.45, 2.75) is 38.8 Å². The van der Waals surface area contributed by atoms with Gasteiger partial charge >= 0.3 is 5.69 Å². The molecule has 1 aliphatic carbocycles. The van der Waals surface area contributed by atoms with Gasteiger partial charge in [-0.1, -0.05) is 0 Å². The van der Waals surface area contributed by atoms with Crippen LogP contribution >= 0.6 is 0 Å². The molecule has 1 saturated heterocycles. The minimum absolute atomic E-state index is 0.0667. The van der Waals surface area contributed by atoms with Crippen molar-refractivity contribution in [2.24, 2.45) is 17.4 Å². The predicted octanol–water partition coefficient (Wildman–Crippen LogP) is 0.689. The van der Waals surface area contributed by atoms with E-state index >= 15 is 4.39 Å². The number of rotatable bonds is 5. The molecular formula is C19H26FN5O2. The van der Waals surface area contributed by atoms with Crippen LogP contribution in [0.5, 0.6) is 0 Å². The van der Waals surface area contributed by atoms with Crippen molar-refractivity contribution in [2.75, 3.05) is 31.1 Å². The van der Waals surface area contributed by atoms with E-state index in [1.54, 1.807) is 4.57 Å². The highest BCUT2D eigenvalue weighted by atomic mass is 19.1. The van der Waals surface area contributed by atoms with Crippen molar-refractivity contribution >= 4 is 16.6 Å². The van der Waals surface area contributed by atoms with E-state index in [4.69, 9.17) is 11.5 Å². The lowest BCUT2D eigenvalue weighted by molar-refractivity contribution is 0.578. The third-order valence-corrected chi connectivity index (χ3v) is 5.82. The minimum atomic E-state index is -0.466. The first-order chi connectivity index (χ1) is 13.0. The Balaban J connectivity index is 2.00. The first kappa shape index (κ1) is 18.2. The van der Waals surface area contributed by atoms with Gasteiger partial charge in [-0.2, -0.15) is 0 Å². The Bertz CT molecular complexity index is 1010. The van der Waals surface area contributed by atoms with Crippen LogP contribution in [0.3, 0.4) is 0 Å². The predicted molar refractivity (Wildman–Crippen MR) is 104 cm³/mol. The van der Waals surface area contributed by atoms with E-state index in [0.29, 0.717) is 35.8 Å². The van der Waals surface area contributed by atoms with E-state index in [1.165, 1.54) is 6.07 Å². The van der Waals surface area contributed by atoms with E-state index < -0.39 is 11.4 Å². The summed E-state index contributed by atoms with van der Waals surface area (Å²) in [6.45, 7) is 4.11. The maximum absolute atomic E-state index is 15.1. The quantitative estimate of drug-likeness (QED) is 0.801. The molecule has 1 aromatic heterocycles. The molecule has 7 nitrogen and oxygen atoms in total. The standard InChI is InChI=1S/C19H26FN5O2/c1-11-16-14(8-15(20)17(11)23-6-4-12(9-22)10-23)18(26)24(7-5-21)19(27)25(16)13-2-3-13/h8,12-13H,2-7,9-10,21-22H2,1H3/t12-/m0/s1. The molecule has 1 atom stereocenters. The fourth-order valence-corrected chi connectivity index (χ4v) is 4.30. The molecule has 0 amide bonds. The molecule has 2 aliphatic rings. The number of fused-ring (bicyclic) bond motifs is 1. The molecule has 1 aromatic carbocycles. The first-order valence-corrected chi connectivity index (χ1v) is 9.61. The maximum Gasteiger partial charge on any atom is 0.331 e. The van der Waals surface area contributed by atoms with Crippen molar-refractivity contribution < 1.29 is 4.39 Å². The molecule has 1 saturated carbocycles. The molecule has 4 rings (SSSR count). The molecule has 0 spiro atoms. The molecule has 146 valence electrons. The van der Waals surface area contributed by atoms with E-state index in [9.17, 15) is 9.59 Å². The highest BCUT2D eigenvalue weighted by Gasteiger charge is 2.32.